The number of urea groups is 1. The molecule has 0 spiro atoms. The number of methoxy groups -OCH3 is 1. The normalized spacial score (nSPS) is 13.2. The summed E-state index contributed by atoms with van der Waals surface area (Å²) in [4.78, 5) is 33.5. The molecule has 0 aliphatic carbocycles. The number of carboxylic acids is 1. The van der Waals surface area contributed by atoms with Gasteiger partial charge in [0.2, 0.25) is 5.91 Å². The zero-order valence-corrected chi connectivity index (χ0v) is 12.1. The third kappa shape index (κ3) is 9.15. The Morgan fingerprint density at radius 2 is 1.85 bits per heavy atom. The second-order valence-electron chi connectivity index (χ2n) is 4.46. The van der Waals surface area contributed by atoms with Crippen molar-refractivity contribution < 1.29 is 24.2 Å². The van der Waals surface area contributed by atoms with E-state index in [4.69, 9.17) is 9.84 Å². The number of hydrogen-bond acceptors (Lipinski definition) is 4. The van der Waals surface area contributed by atoms with Crippen molar-refractivity contribution in [3.8, 4) is 0 Å². The van der Waals surface area contributed by atoms with Crippen LogP contribution in [0.25, 0.3) is 0 Å². The Balaban J connectivity index is 3.94. The number of carbonyl (C=O) groups excluding carboxylic acids is 2. The van der Waals surface area contributed by atoms with Crippen LogP contribution in [-0.2, 0) is 14.3 Å². The second-order valence-corrected chi connectivity index (χ2v) is 4.46. The van der Waals surface area contributed by atoms with E-state index in [2.05, 4.69) is 16.0 Å². The highest BCUT2D eigenvalue weighted by Crippen LogP contribution is 1.96. The lowest BCUT2D eigenvalue weighted by Crippen LogP contribution is -2.50. The molecule has 0 rings (SSSR count). The van der Waals surface area contributed by atoms with Crippen LogP contribution in [0.2, 0.25) is 0 Å². The number of ether oxygens (including phenoxy) is 1. The molecule has 8 nitrogen and oxygen atoms in total. The Morgan fingerprint density at radius 3 is 2.40 bits per heavy atom. The smallest absolute Gasteiger partial charge is 0.315 e. The zero-order chi connectivity index (χ0) is 15.5. The van der Waals surface area contributed by atoms with E-state index < -0.39 is 18.0 Å². The zero-order valence-electron chi connectivity index (χ0n) is 12.1. The molecule has 4 N–H and O–H groups in total. The highest BCUT2D eigenvalue weighted by atomic mass is 16.5. The minimum absolute atomic E-state index is 0.0193. The van der Waals surface area contributed by atoms with E-state index in [0.29, 0.717) is 19.6 Å². The van der Waals surface area contributed by atoms with Crippen molar-refractivity contribution in [2.45, 2.75) is 38.8 Å². The highest BCUT2D eigenvalue weighted by Gasteiger charge is 2.16. The summed E-state index contributed by atoms with van der Waals surface area (Å²) < 4.78 is 4.79. The van der Waals surface area contributed by atoms with Gasteiger partial charge in [0.25, 0.3) is 0 Å². The fourth-order valence-electron chi connectivity index (χ4n) is 1.37. The monoisotopic (exact) mass is 289 g/mol. The Labute approximate surface area is 118 Å². The van der Waals surface area contributed by atoms with Crippen molar-refractivity contribution in [3.63, 3.8) is 0 Å². The predicted octanol–water partition coefficient (Wildman–Crippen LogP) is -0.310. The number of carboxylic acid groups (broad SMARTS) is 1. The van der Waals surface area contributed by atoms with Crippen molar-refractivity contribution in [1.82, 2.24) is 16.0 Å². The molecule has 0 bridgehead atoms. The standard InChI is InChI=1S/C12H23N3O5/c1-8(4-5-10(16)17)14-12(19)15-9(2)11(18)13-6-7-20-3/h8-9H,4-7H2,1-3H3,(H,13,18)(H,16,17)(H2,14,15,19). The third-order valence-electron chi connectivity index (χ3n) is 2.52. The molecular formula is C12H23N3O5. The van der Waals surface area contributed by atoms with Crippen LogP contribution in [0.3, 0.4) is 0 Å². The largest absolute Gasteiger partial charge is 0.481 e. The molecular weight excluding hydrogens is 266 g/mol. The molecule has 0 aromatic carbocycles. The molecule has 8 heteroatoms. The lowest BCUT2D eigenvalue weighted by Gasteiger charge is -2.17. The first-order valence-electron chi connectivity index (χ1n) is 6.42. The summed E-state index contributed by atoms with van der Waals surface area (Å²) in [6.45, 7) is 4.03. The summed E-state index contributed by atoms with van der Waals surface area (Å²) >= 11 is 0. The van der Waals surface area contributed by atoms with Gasteiger partial charge in [0, 0.05) is 26.1 Å². The molecule has 0 aromatic heterocycles. The molecule has 2 unspecified atom stereocenters. The average Bonchev–Trinajstić information content (AvgIpc) is 2.36. The van der Waals surface area contributed by atoms with E-state index in [0.717, 1.165) is 0 Å². The summed E-state index contributed by atoms with van der Waals surface area (Å²) in [5, 5.41) is 16.2. The van der Waals surface area contributed by atoms with Gasteiger partial charge in [-0.25, -0.2) is 4.79 Å². The van der Waals surface area contributed by atoms with E-state index >= 15 is 0 Å². The second kappa shape index (κ2) is 10.0. The van der Waals surface area contributed by atoms with Gasteiger partial charge in [-0.1, -0.05) is 0 Å². The number of aliphatic carboxylic acids is 1. The van der Waals surface area contributed by atoms with E-state index in [9.17, 15) is 14.4 Å². The summed E-state index contributed by atoms with van der Waals surface area (Å²) in [7, 11) is 1.53. The summed E-state index contributed by atoms with van der Waals surface area (Å²) in [6, 6.07) is -1.47. The SMILES string of the molecule is COCCNC(=O)C(C)NC(=O)NC(C)CCC(=O)O. The molecule has 3 amide bonds. The summed E-state index contributed by atoms with van der Waals surface area (Å²) in [5.74, 6) is -1.22. The minimum atomic E-state index is -0.912. The van der Waals surface area contributed by atoms with Gasteiger partial charge >= 0.3 is 12.0 Å². The van der Waals surface area contributed by atoms with Gasteiger partial charge in [-0.05, 0) is 20.3 Å². The molecule has 0 aliphatic heterocycles. The number of carbonyl (C=O) groups is 3. The Bertz CT molecular complexity index is 335. The van der Waals surface area contributed by atoms with Gasteiger partial charge in [-0.2, -0.15) is 0 Å². The third-order valence-corrected chi connectivity index (χ3v) is 2.52. The first-order chi connectivity index (χ1) is 9.36. The highest BCUT2D eigenvalue weighted by molar-refractivity contribution is 5.86. The molecule has 20 heavy (non-hydrogen) atoms. The van der Waals surface area contributed by atoms with Crippen molar-refractivity contribution >= 4 is 17.9 Å². The van der Waals surface area contributed by atoms with Gasteiger partial charge in [-0.15, -0.1) is 0 Å². The predicted molar refractivity (Wildman–Crippen MR) is 72.3 cm³/mol. The van der Waals surface area contributed by atoms with Crippen LogP contribution in [-0.4, -0.2) is 55.4 Å². The number of nitrogens with one attached hydrogen (secondary N) is 3. The first kappa shape index (κ1) is 18.2. The van der Waals surface area contributed by atoms with Crippen LogP contribution < -0.4 is 16.0 Å². The molecule has 0 aromatic rings. The minimum Gasteiger partial charge on any atom is -0.481 e. The van der Waals surface area contributed by atoms with Crippen molar-refractivity contribution in [2.75, 3.05) is 20.3 Å². The van der Waals surface area contributed by atoms with Gasteiger partial charge in [0.15, 0.2) is 0 Å². The molecule has 0 aliphatic rings. The number of hydrogen-bond donors (Lipinski definition) is 4. The van der Waals surface area contributed by atoms with Gasteiger partial charge < -0.3 is 25.8 Å². The fraction of sp³-hybridized carbons (Fsp3) is 0.750. The maximum absolute atomic E-state index is 11.6. The van der Waals surface area contributed by atoms with E-state index in [1.165, 1.54) is 7.11 Å². The van der Waals surface area contributed by atoms with Gasteiger partial charge in [0.05, 0.1) is 6.61 Å². The molecule has 0 saturated heterocycles. The van der Waals surface area contributed by atoms with Crippen LogP contribution in [0.4, 0.5) is 4.79 Å². The molecule has 2 atom stereocenters. The van der Waals surface area contributed by atoms with E-state index in [1.54, 1.807) is 13.8 Å². The Kier molecular flexibility index (Phi) is 9.10. The van der Waals surface area contributed by atoms with Crippen LogP contribution in [0.1, 0.15) is 26.7 Å². The quantitative estimate of drug-likeness (QED) is 0.434. The van der Waals surface area contributed by atoms with Gasteiger partial charge in [-0.3, -0.25) is 9.59 Å². The topological polar surface area (TPSA) is 117 Å². The molecule has 0 fully saturated rings. The Hall–Kier alpha value is -1.83. The van der Waals surface area contributed by atoms with Crippen LogP contribution in [0.15, 0.2) is 0 Å². The molecule has 0 saturated carbocycles. The Morgan fingerprint density at radius 1 is 1.20 bits per heavy atom. The molecule has 116 valence electrons. The van der Waals surface area contributed by atoms with Crippen LogP contribution >= 0.6 is 0 Å². The molecule has 0 heterocycles. The van der Waals surface area contributed by atoms with E-state index in [-0.39, 0.29) is 18.4 Å². The van der Waals surface area contributed by atoms with Crippen molar-refractivity contribution in [1.29, 1.82) is 0 Å². The maximum Gasteiger partial charge on any atom is 0.315 e. The average molecular weight is 289 g/mol. The summed E-state index contributed by atoms with van der Waals surface area (Å²) in [6.07, 6.45) is 0.311. The van der Waals surface area contributed by atoms with Crippen LogP contribution in [0.5, 0.6) is 0 Å². The van der Waals surface area contributed by atoms with Crippen molar-refractivity contribution in [3.05, 3.63) is 0 Å². The lowest BCUT2D eigenvalue weighted by atomic mass is 10.2. The van der Waals surface area contributed by atoms with E-state index in [1.807, 2.05) is 0 Å². The fourth-order valence-corrected chi connectivity index (χ4v) is 1.37. The van der Waals surface area contributed by atoms with Crippen LogP contribution in [0, 0.1) is 0 Å². The van der Waals surface area contributed by atoms with Crippen molar-refractivity contribution in [2.24, 2.45) is 0 Å². The molecule has 0 radical (unpaired) electrons. The number of amides is 3. The number of rotatable bonds is 9. The van der Waals surface area contributed by atoms with Gasteiger partial charge in [0.1, 0.15) is 6.04 Å². The first-order valence-corrected chi connectivity index (χ1v) is 6.42. The lowest BCUT2D eigenvalue weighted by molar-refractivity contribution is -0.137. The maximum atomic E-state index is 11.6. The summed E-state index contributed by atoms with van der Waals surface area (Å²) in [5.41, 5.74) is 0.